The molecule has 0 saturated carbocycles. The Hall–Kier alpha value is -0.760. The van der Waals surface area contributed by atoms with Gasteiger partial charge in [-0.25, -0.2) is 0 Å². The lowest BCUT2D eigenvalue weighted by atomic mass is 10.1. The predicted molar refractivity (Wildman–Crippen MR) is 40.7 cm³/mol. The normalized spacial score (nSPS) is 13.5. The van der Waals surface area contributed by atoms with Crippen LogP contribution < -0.4 is 5.73 Å². The highest BCUT2D eigenvalue weighted by molar-refractivity contribution is 5.19. The Morgan fingerprint density at radius 2 is 2.40 bits per heavy atom. The van der Waals surface area contributed by atoms with Crippen LogP contribution in [-0.4, -0.2) is 0 Å². The maximum absolute atomic E-state index is 5.67. The van der Waals surface area contributed by atoms with E-state index in [1.807, 2.05) is 13.0 Å². The van der Waals surface area contributed by atoms with E-state index in [9.17, 15) is 0 Å². The van der Waals surface area contributed by atoms with Crippen molar-refractivity contribution in [2.45, 2.75) is 26.3 Å². The highest BCUT2D eigenvalue weighted by Gasteiger charge is 2.06. The van der Waals surface area contributed by atoms with Gasteiger partial charge in [0.2, 0.25) is 0 Å². The topological polar surface area (TPSA) is 39.2 Å². The second-order valence-corrected chi connectivity index (χ2v) is 2.44. The lowest BCUT2D eigenvalue weighted by Gasteiger charge is -2.02. The van der Waals surface area contributed by atoms with Crippen molar-refractivity contribution < 1.29 is 4.42 Å². The average Bonchev–Trinajstić information content (AvgIpc) is 2.33. The third-order valence-electron chi connectivity index (χ3n) is 1.59. The van der Waals surface area contributed by atoms with E-state index in [2.05, 4.69) is 6.92 Å². The van der Waals surface area contributed by atoms with Gasteiger partial charge >= 0.3 is 0 Å². The highest BCUT2D eigenvalue weighted by atomic mass is 16.3. The number of furan rings is 1. The van der Waals surface area contributed by atoms with Gasteiger partial charge in [-0.2, -0.15) is 0 Å². The van der Waals surface area contributed by atoms with Crippen molar-refractivity contribution in [2.24, 2.45) is 5.73 Å². The van der Waals surface area contributed by atoms with E-state index in [-0.39, 0.29) is 6.04 Å². The fourth-order valence-electron chi connectivity index (χ4n) is 1.04. The Morgan fingerprint density at radius 3 is 2.80 bits per heavy atom. The van der Waals surface area contributed by atoms with Crippen LogP contribution in [0.5, 0.6) is 0 Å². The smallest absolute Gasteiger partial charge is 0.108 e. The first kappa shape index (κ1) is 7.35. The summed E-state index contributed by atoms with van der Waals surface area (Å²) >= 11 is 0. The molecule has 0 bridgehead atoms. The lowest BCUT2D eigenvalue weighted by molar-refractivity contribution is 0.508. The Kier molecular flexibility index (Phi) is 2.12. The van der Waals surface area contributed by atoms with Crippen LogP contribution in [0.25, 0.3) is 0 Å². The van der Waals surface area contributed by atoms with Crippen molar-refractivity contribution in [3.63, 3.8) is 0 Å². The standard InChI is InChI=1S/C8H13NO/c1-3-8-7(6(2)9)4-5-10-8/h4-6H,3,9H2,1-2H3/t6-/m0/s1. The summed E-state index contributed by atoms with van der Waals surface area (Å²) in [6.45, 7) is 4.02. The van der Waals surface area contributed by atoms with Gasteiger partial charge in [-0.15, -0.1) is 0 Å². The number of rotatable bonds is 2. The minimum atomic E-state index is 0.0914. The van der Waals surface area contributed by atoms with Crippen molar-refractivity contribution in [1.29, 1.82) is 0 Å². The summed E-state index contributed by atoms with van der Waals surface area (Å²) in [5.41, 5.74) is 6.80. The van der Waals surface area contributed by atoms with Crippen LogP contribution in [0, 0.1) is 0 Å². The van der Waals surface area contributed by atoms with Crippen molar-refractivity contribution in [1.82, 2.24) is 0 Å². The third kappa shape index (κ3) is 1.21. The molecule has 2 heteroatoms. The minimum absolute atomic E-state index is 0.0914. The van der Waals surface area contributed by atoms with E-state index in [0.29, 0.717) is 0 Å². The number of aryl methyl sites for hydroxylation is 1. The van der Waals surface area contributed by atoms with Gasteiger partial charge < -0.3 is 10.2 Å². The second-order valence-electron chi connectivity index (χ2n) is 2.44. The SMILES string of the molecule is CCc1occc1[C@H](C)N. The summed E-state index contributed by atoms with van der Waals surface area (Å²) in [6.07, 6.45) is 2.61. The van der Waals surface area contributed by atoms with E-state index < -0.39 is 0 Å². The molecule has 2 nitrogen and oxygen atoms in total. The van der Waals surface area contributed by atoms with Gasteiger partial charge in [0.15, 0.2) is 0 Å². The van der Waals surface area contributed by atoms with E-state index in [4.69, 9.17) is 10.2 Å². The molecule has 0 aromatic carbocycles. The average molecular weight is 139 g/mol. The zero-order chi connectivity index (χ0) is 7.56. The molecule has 0 aliphatic rings. The number of nitrogens with two attached hydrogens (primary N) is 1. The predicted octanol–water partition coefficient (Wildman–Crippen LogP) is 1.86. The van der Waals surface area contributed by atoms with Crippen LogP contribution in [0.2, 0.25) is 0 Å². The molecule has 0 aliphatic carbocycles. The molecule has 56 valence electrons. The summed E-state index contributed by atoms with van der Waals surface area (Å²) in [6, 6.07) is 2.03. The zero-order valence-corrected chi connectivity index (χ0v) is 6.42. The van der Waals surface area contributed by atoms with Gasteiger partial charge in [0.25, 0.3) is 0 Å². The Morgan fingerprint density at radius 1 is 1.70 bits per heavy atom. The fourth-order valence-corrected chi connectivity index (χ4v) is 1.04. The second kappa shape index (κ2) is 2.88. The van der Waals surface area contributed by atoms with Gasteiger partial charge in [-0.3, -0.25) is 0 Å². The maximum atomic E-state index is 5.67. The van der Waals surface area contributed by atoms with Crippen LogP contribution in [0.15, 0.2) is 16.7 Å². The molecular weight excluding hydrogens is 126 g/mol. The molecule has 0 saturated heterocycles. The van der Waals surface area contributed by atoms with Crippen molar-refractivity contribution in [2.75, 3.05) is 0 Å². The molecule has 1 heterocycles. The molecule has 2 N–H and O–H groups in total. The Labute approximate surface area is 61.0 Å². The van der Waals surface area contributed by atoms with Gasteiger partial charge in [0.1, 0.15) is 5.76 Å². The maximum Gasteiger partial charge on any atom is 0.108 e. The lowest BCUT2D eigenvalue weighted by Crippen LogP contribution is -2.05. The largest absolute Gasteiger partial charge is 0.469 e. The first-order valence-electron chi connectivity index (χ1n) is 3.57. The fraction of sp³-hybridized carbons (Fsp3) is 0.500. The van der Waals surface area contributed by atoms with Gasteiger partial charge in [-0.1, -0.05) is 6.92 Å². The van der Waals surface area contributed by atoms with E-state index in [0.717, 1.165) is 17.7 Å². The molecule has 1 aromatic heterocycles. The van der Waals surface area contributed by atoms with E-state index in [1.54, 1.807) is 6.26 Å². The van der Waals surface area contributed by atoms with Crippen molar-refractivity contribution in [3.05, 3.63) is 23.7 Å². The quantitative estimate of drug-likeness (QED) is 0.679. The number of hydrogen-bond acceptors (Lipinski definition) is 2. The molecule has 0 radical (unpaired) electrons. The summed E-state index contributed by atoms with van der Waals surface area (Å²) in [5.74, 6) is 1.01. The first-order chi connectivity index (χ1) is 4.75. The summed E-state index contributed by atoms with van der Waals surface area (Å²) in [5, 5.41) is 0. The van der Waals surface area contributed by atoms with Crippen LogP contribution in [0.3, 0.4) is 0 Å². The van der Waals surface area contributed by atoms with E-state index in [1.165, 1.54) is 0 Å². The molecule has 0 aliphatic heterocycles. The van der Waals surface area contributed by atoms with Gasteiger partial charge in [-0.05, 0) is 13.0 Å². The van der Waals surface area contributed by atoms with Crippen LogP contribution in [0.1, 0.15) is 31.2 Å². The summed E-state index contributed by atoms with van der Waals surface area (Å²) < 4.78 is 5.20. The molecule has 0 fully saturated rings. The molecule has 10 heavy (non-hydrogen) atoms. The number of hydrogen-bond donors (Lipinski definition) is 1. The minimum Gasteiger partial charge on any atom is -0.469 e. The summed E-state index contributed by atoms with van der Waals surface area (Å²) in [4.78, 5) is 0. The molecule has 1 aromatic rings. The van der Waals surface area contributed by atoms with Crippen LogP contribution in [0.4, 0.5) is 0 Å². The molecular formula is C8H13NO. The Balaban J connectivity index is 2.90. The molecule has 0 unspecified atom stereocenters. The monoisotopic (exact) mass is 139 g/mol. The molecule has 0 spiro atoms. The molecule has 0 amide bonds. The van der Waals surface area contributed by atoms with Crippen LogP contribution >= 0.6 is 0 Å². The molecule has 1 atom stereocenters. The summed E-state index contributed by atoms with van der Waals surface area (Å²) in [7, 11) is 0. The molecule has 1 rings (SSSR count). The van der Waals surface area contributed by atoms with Crippen LogP contribution in [-0.2, 0) is 6.42 Å². The Bertz CT molecular complexity index is 203. The highest BCUT2D eigenvalue weighted by Crippen LogP contribution is 2.16. The third-order valence-corrected chi connectivity index (χ3v) is 1.59. The zero-order valence-electron chi connectivity index (χ0n) is 6.42. The van der Waals surface area contributed by atoms with Gasteiger partial charge in [0, 0.05) is 18.0 Å². The van der Waals surface area contributed by atoms with Crippen molar-refractivity contribution >= 4 is 0 Å². The van der Waals surface area contributed by atoms with Crippen molar-refractivity contribution in [3.8, 4) is 0 Å². The first-order valence-corrected chi connectivity index (χ1v) is 3.57. The van der Waals surface area contributed by atoms with Gasteiger partial charge in [0.05, 0.1) is 6.26 Å². The van der Waals surface area contributed by atoms with E-state index >= 15 is 0 Å².